The second kappa shape index (κ2) is 6.06. The van der Waals surface area contributed by atoms with E-state index in [9.17, 15) is 9.59 Å². The molecule has 5 heteroatoms. The average Bonchev–Trinajstić information content (AvgIpc) is 3.07. The van der Waals surface area contributed by atoms with Crippen molar-refractivity contribution in [2.75, 3.05) is 13.7 Å². The van der Waals surface area contributed by atoms with Crippen molar-refractivity contribution in [3.8, 4) is 5.75 Å². The van der Waals surface area contributed by atoms with Crippen LogP contribution in [-0.2, 0) is 20.7 Å². The second-order valence-corrected chi connectivity index (χ2v) is 6.72. The Labute approximate surface area is 146 Å². The predicted molar refractivity (Wildman–Crippen MR) is 92.1 cm³/mol. The van der Waals surface area contributed by atoms with E-state index in [0.29, 0.717) is 24.2 Å². The van der Waals surface area contributed by atoms with Crippen LogP contribution in [0.5, 0.6) is 5.75 Å². The minimum atomic E-state index is -0.402. The maximum absolute atomic E-state index is 12.7. The fraction of sp³-hybridized carbons (Fsp3) is 0.400. The molecule has 0 saturated carbocycles. The Hall–Kier alpha value is -2.56. The van der Waals surface area contributed by atoms with Gasteiger partial charge in [0.1, 0.15) is 5.75 Å². The lowest BCUT2D eigenvalue weighted by Crippen LogP contribution is -2.34. The predicted octanol–water partition coefficient (Wildman–Crippen LogP) is 2.76. The van der Waals surface area contributed by atoms with E-state index in [0.717, 1.165) is 42.0 Å². The van der Waals surface area contributed by atoms with Gasteiger partial charge in [0.2, 0.25) is 0 Å². The van der Waals surface area contributed by atoms with Crippen LogP contribution in [-0.4, -0.2) is 25.5 Å². The molecular weight excluding hydrogens is 318 g/mol. The van der Waals surface area contributed by atoms with Gasteiger partial charge in [-0.2, -0.15) is 0 Å². The highest BCUT2D eigenvalue weighted by atomic mass is 16.5. The van der Waals surface area contributed by atoms with Crippen molar-refractivity contribution in [2.24, 2.45) is 0 Å². The first-order valence-electron chi connectivity index (χ1n) is 8.68. The summed E-state index contributed by atoms with van der Waals surface area (Å²) in [5, 5.41) is 3.27. The van der Waals surface area contributed by atoms with Gasteiger partial charge in [-0.25, -0.2) is 4.79 Å². The summed E-state index contributed by atoms with van der Waals surface area (Å²) in [5.41, 5.74) is 4.98. The number of benzene rings is 1. The number of hydrogen-bond donors (Lipinski definition) is 1. The molecule has 4 rings (SSSR count). The summed E-state index contributed by atoms with van der Waals surface area (Å²) >= 11 is 0. The molecule has 0 radical (unpaired) electrons. The summed E-state index contributed by atoms with van der Waals surface area (Å²) in [6.07, 6.45) is 3.08. The SMILES string of the molecule is COC(=O)C1=C(C)NC2=C(C(=O)CCC2)[C@H]1c1ccc2c(c1)OCC2. The molecule has 0 saturated heterocycles. The standard InChI is InChI=1S/C20H21NO4/c1-11-17(20(23)24-2)18(19-14(21-11)4-3-5-15(19)22)13-7-6-12-8-9-25-16(12)10-13/h6-7,10,18,21H,3-5,8-9H2,1-2H3/t18-/m0/s1. The molecule has 0 spiro atoms. The number of methoxy groups -OCH3 is 1. The highest BCUT2D eigenvalue weighted by molar-refractivity contribution is 6.03. The summed E-state index contributed by atoms with van der Waals surface area (Å²) in [6, 6.07) is 6.02. The molecule has 5 nitrogen and oxygen atoms in total. The van der Waals surface area contributed by atoms with Gasteiger partial charge in [0.15, 0.2) is 5.78 Å². The zero-order valence-electron chi connectivity index (χ0n) is 14.5. The van der Waals surface area contributed by atoms with Crippen LogP contribution in [0.15, 0.2) is 40.7 Å². The molecule has 2 aliphatic heterocycles. The van der Waals surface area contributed by atoms with E-state index in [1.165, 1.54) is 12.7 Å². The Bertz CT molecular complexity index is 834. The van der Waals surface area contributed by atoms with Crippen LogP contribution in [0.1, 0.15) is 43.2 Å². The van der Waals surface area contributed by atoms with E-state index >= 15 is 0 Å². The molecular formula is C20H21NO4. The quantitative estimate of drug-likeness (QED) is 0.840. The molecule has 0 bridgehead atoms. The Kier molecular flexibility index (Phi) is 3.86. The van der Waals surface area contributed by atoms with Crippen molar-refractivity contribution >= 4 is 11.8 Å². The van der Waals surface area contributed by atoms with Crippen LogP contribution in [0, 0.1) is 0 Å². The fourth-order valence-electron chi connectivity index (χ4n) is 4.06. The number of carbonyl (C=O) groups excluding carboxylic acids is 2. The molecule has 1 aliphatic carbocycles. The molecule has 0 amide bonds. The van der Waals surface area contributed by atoms with E-state index in [4.69, 9.17) is 9.47 Å². The van der Waals surface area contributed by atoms with Crippen molar-refractivity contribution in [2.45, 2.75) is 38.5 Å². The number of dihydropyridines is 1. The molecule has 0 unspecified atom stereocenters. The lowest BCUT2D eigenvalue weighted by atomic mass is 9.75. The summed E-state index contributed by atoms with van der Waals surface area (Å²) < 4.78 is 10.7. The third-order valence-electron chi connectivity index (χ3n) is 5.23. The Morgan fingerprint density at radius 2 is 2.12 bits per heavy atom. The molecule has 3 aliphatic rings. The topological polar surface area (TPSA) is 64.6 Å². The first-order chi connectivity index (χ1) is 12.1. The molecule has 2 heterocycles. The first kappa shape index (κ1) is 15.9. The van der Waals surface area contributed by atoms with Gasteiger partial charge in [-0.3, -0.25) is 4.79 Å². The van der Waals surface area contributed by atoms with E-state index < -0.39 is 11.9 Å². The Morgan fingerprint density at radius 3 is 2.92 bits per heavy atom. The minimum absolute atomic E-state index is 0.106. The normalized spacial score (nSPS) is 22.2. The van der Waals surface area contributed by atoms with Crippen molar-refractivity contribution in [3.05, 3.63) is 51.9 Å². The van der Waals surface area contributed by atoms with Crippen LogP contribution in [0.3, 0.4) is 0 Å². The summed E-state index contributed by atoms with van der Waals surface area (Å²) in [6.45, 7) is 2.54. The Morgan fingerprint density at radius 1 is 1.28 bits per heavy atom. The van der Waals surface area contributed by atoms with Crippen molar-refractivity contribution in [3.63, 3.8) is 0 Å². The van der Waals surface area contributed by atoms with Gasteiger partial charge >= 0.3 is 5.97 Å². The zero-order chi connectivity index (χ0) is 17.6. The number of rotatable bonds is 2. The van der Waals surface area contributed by atoms with Gasteiger partial charge in [-0.1, -0.05) is 12.1 Å². The lowest BCUT2D eigenvalue weighted by molar-refractivity contribution is -0.136. The summed E-state index contributed by atoms with van der Waals surface area (Å²) in [7, 11) is 1.37. The van der Waals surface area contributed by atoms with Crippen molar-refractivity contribution in [1.29, 1.82) is 0 Å². The van der Waals surface area contributed by atoms with E-state index in [2.05, 4.69) is 5.32 Å². The largest absolute Gasteiger partial charge is 0.493 e. The van der Waals surface area contributed by atoms with Gasteiger partial charge in [-0.15, -0.1) is 0 Å². The van der Waals surface area contributed by atoms with Crippen molar-refractivity contribution in [1.82, 2.24) is 5.32 Å². The number of esters is 1. The fourth-order valence-corrected chi connectivity index (χ4v) is 4.06. The molecule has 0 aromatic heterocycles. The monoisotopic (exact) mass is 339 g/mol. The number of nitrogens with one attached hydrogen (secondary N) is 1. The van der Waals surface area contributed by atoms with Gasteiger partial charge in [0.05, 0.1) is 19.3 Å². The third-order valence-corrected chi connectivity index (χ3v) is 5.23. The van der Waals surface area contributed by atoms with Gasteiger partial charge in [-0.05, 0) is 37.0 Å². The first-order valence-corrected chi connectivity index (χ1v) is 8.68. The van der Waals surface area contributed by atoms with Crippen LogP contribution >= 0.6 is 0 Å². The third kappa shape index (κ3) is 2.54. The molecule has 130 valence electrons. The molecule has 1 aromatic carbocycles. The van der Waals surface area contributed by atoms with E-state index in [1.54, 1.807) is 0 Å². The maximum atomic E-state index is 12.7. The van der Waals surface area contributed by atoms with Crippen LogP contribution in [0.2, 0.25) is 0 Å². The second-order valence-electron chi connectivity index (χ2n) is 6.72. The number of allylic oxidation sites excluding steroid dienone is 3. The van der Waals surface area contributed by atoms with Crippen LogP contribution in [0.25, 0.3) is 0 Å². The number of fused-ring (bicyclic) bond motifs is 1. The van der Waals surface area contributed by atoms with E-state index in [-0.39, 0.29) is 5.78 Å². The molecule has 1 atom stereocenters. The number of Topliss-reactive ketones (excluding diaryl/α,β-unsaturated/α-hetero) is 1. The number of ketones is 1. The highest BCUT2D eigenvalue weighted by Crippen LogP contribution is 2.43. The summed E-state index contributed by atoms with van der Waals surface area (Å²) in [4.78, 5) is 25.2. The van der Waals surface area contributed by atoms with Gasteiger partial charge in [0, 0.05) is 35.7 Å². The molecule has 1 N–H and O–H groups in total. The lowest BCUT2D eigenvalue weighted by Gasteiger charge is -2.34. The maximum Gasteiger partial charge on any atom is 0.336 e. The number of carbonyl (C=O) groups is 2. The zero-order valence-corrected chi connectivity index (χ0v) is 14.5. The average molecular weight is 339 g/mol. The molecule has 0 fully saturated rings. The number of ether oxygens (including phenoxy) is 2. The van der Waals surface area contributed by atoms with Crippen molar-refractivity contribution < 1.29 is 19.1 Å². The van der Waals surface area contributed by atoms with Gasteiger partial charge in [0.25, 0.3) is 0 Å². The number of hydrogen-bond acceptors (Lipinski definition) is 5. The van der Waals surface area contributed by atoms with Crippen LogP contribution in [0.4, 0.5) is 0 Å². The van der Waals surface area contributed by atoms with E-state index in [1.807, 2.05) is 25.1 Å². The smallest absolute Gasteiger partial charge is 0.336 e. The summed E-state index contributed by atoms with van der Waals surface area (Å²) in [5.74, 6) is 0.157. The molecule has 1 aromatic rings. The highest BCUT2D eigenvalue weighted by Gasteiger charge is 2.39. The van der Waals surface area contributed by atoms with Crippen LogP contribution < -0.4 is 10.1 Å². The minimum Gasteiger partial charge on any atom is -0.493 e. The Balaban J connectivity index is 1.88. The molecule has 25 heavy (non-hydrogen) atoms. The van der Waals surface area contributed by atoms with Gasteiger partial charge < -0.3 is 14.8 Å².